The minimum absolute atomic E-state index is 0.0335. The molecule has 0 radical (unpaired) electrons. The molecule has 114 valence electrons. The highest BCUT2D eigenvalue weighted by atomic mass is 32.2. The van der Waals surface area contributed by atoms with Crippen molar-refractivity contribution in [2.75, 3.05) is 12.8 Å². The molecule has 2 unspecified atom stereocenters. The molecule has 0 heterocycles. The smallest absolute Gasteiger partial charge is 0.153 e. The Morgan fingerprint density at radius 1 is 1.25 bits per heavy atom. The van der Waals surface area contributed by atoms with Crippen molar-refractivity contribution in [3.63, 3.8) is 0 Å². The second kappa shape index (κ2) is 6.70. The Morgan fingerprint density at radius 2 is 1.80 bits per heavy atom. The zero-order chi connectivity index (χ0) is 15.4. The van der Waals surface area contributed by atoms with Gasteiger partial charge in [-0.15, -0.1) is 0 Å². The standard InChI is InChI=1S/C15H25NO3S/c1-12(16-11-15(2,3)20(4,18)19)10-14(17)13-8-6-5-7-9-13/h5-9,12,14,16-17H,10-11H2,1-4H3. The van der Waals surface area contributed by atoms with Gasteiger partial charge in [-0.3, -0.25) is 0 Å². The van der Waals surface area contributed by atoms with Crippen molar-refractivity contribution in [1.29, 1.82) is 0 Å². The maximum absolute atomic E-state index is 11.6. The van der Waals surface area contributed by atoms with E-state index in [1.54, 1.807) is 13.8 Å². The number of hydrogen-bond donors (Lipinski definition) is 2. The lowest BCUT2D eigenvalue weighted by molar-refractivity contribution is 0.153. The van der Waals surface area contributed by atoms with E-state index in [0.717, 1.165) is 5.56 Å². The average molecular weight is 299 g/mol. The van der Waals surface area contributed by atoms with Gasteiger partial charge < -0.3 is 10.4 Å². The highest BCUT2D eigenvalue weighted by Gasteiger charge is 2.30. The first-order chi connectivity index (χ1) is 9.13. The van der Waals surface area contributed by atoms with Crippen molar-refractivity contribution in [2.45, 2.75) is 44.1 Å². The first-order valence-electron chi connectivity index (χ1n) is 6.79. The molecule has 1 aromatic carbocycles. The van der Waals surface area contributed by atoms with Crippen LogP contribution in [0.5, 0.6) is 0 Å². The van der Waals surface area contributed by atoms with E-state index in [4.69, 9.17) is 0 Å². The summed E-state index contributed by atoms with van der Waals surface area (Å²) in [5, 5.41) is 13.3. The fourth-order valence-corrected chi connectivity index (χ4v) is 2.13. The van der Waals surface area contributed by atoms with Crippen LogP contribution in [0.1, 0.15) is 38.9 Å². The third-order valence-corrected chi connectivity index (χ3v) is 5.79. The SMILES string of the molecule is CC(CC(O)c1ccccc1)NCC(C)(C)S(C)(=O)=O. The average Bonchev–Trinajstić information content (AvgIpc) is 2.36. The number of aliphatic hydroxyl groups excluding tert-OH is 1. The van der Waals surface area contributed by atoms with Gasteiger partial charge in [-0.1, -0.05) is 30.3 Å². The lowest BCUT2D eigenvalue weighted by Gasteiger charge is -2.26. The van der Waals surface area contributed by atoms with Crippen LogP contribution < -0.4 is 5.32 Å². The van der Waals surface area contributed by atoms with E-state index in [9.17, 15) is 13.5 Å². The van der Waals surface area contributed by atoms with Crippen molar-refractivity contribution in [2.24, 2.45) is 0 Å². The molecule has 0 bridgehead atoms. The molecular formula is C15H25NO3S. The van der Waals surface area contributed by atoms with Crippen LogP contribution in [0.2, 0.25) is 0 Å². The van der Waals surface area contributed by atoms with Crippen LogP contribution in [0.4, 0.5) is 0 Å². The molecule has 0 saturated heterocycles. The van der Waals surface area contributed by atoms with Gasteiger partial charge in [-0.2, -0.15) is 0 Å². The monoisotopic (exact) mass is 299 g/mol. The second-order valence-electron chi connectivity index (χ2n) is 5.98. The quantitative estimate of drug-likeness (QED) is 0.807. The van der Waals surface area contributed by atoms with Crippen molar-refractivity contribution in [1.82, 2.24) is 5.32 Å². The van der Waals surface area contributed by atoms with Crippen LogP contribution in [-0.4, -0.2) is 37.1 Å². The van der Waals surface area contributed by atoms with Crippen molar-refractivity contribution < 1.29 is 13.5 Å². The van der Waals surface area contributed by atoms with Crippen molar-refractivity contribution in [3.05, 3.63) is 35.9 Å². The van der Waals surface area contributed by atoms with Crippen LogP contribution >= 0.6 is 0 Å². The summed E-state index contributed by atoms with van der Waals surface area (Å²) in [6.07, 6.45) is 1.25. The highest BCUT2D eigenvalue weighted by Crippen LogP contribution is 2.19. The number of nitrogens with one attached hydrogen (secondary N) is 1. The van der Waals surface area contributed by atoms with Gasteiger partial charge in [-0.25, -0.2) is 8.42 Å². The molecule has 0 saturated carbocycles. The van der Waals surface area contributed by atoms with E-state index < -0.39 is 20.7 Å². The molecule has 0 spiro atoms. The van der Waals surface area contributed by atoms with Crippen LogP contribution in [0.3, 0.4) is 0 Å². The summed E-state index contributed by atoms with van der Waals surface area (Å²) in [5.74, 6) is 0. The van der Waals surface area contributed by atoms with Crippen molar-refractivity contribution in [3.8, 4) is 0 Å². The minimum Gasteiger partial charge on any atom is -0.388 e. The third-order valence-electron chi connectivity index (χ3n) is 3.64. The molecule has 0 aliphatic heterocycles. The zero-order valence-electron chi connectivity index (χ0n) is 12.6. The van der Waals surface area contributed by atoms with Crippen LogP contribution in [0.25, 0.3) is 0 Å². The molecule has 0 aromatic heterocycles. The van der Waals surface area contributed by atoms with E-state index in [0.29, 0.717) is 13.0 Å². The molecule has 5 heteroatoms. The van der Waals surface area contributed by atoms with E-state index in [1.807, 2.05) is 37.3 Å². The predicted molar refractivity (Wildman–Crippen MR) is 82.4 cm³/mol. The summed E-state index contributed by atoms with van der Waals surface area (Å²) in [5.41, 5.74) is 0.878. The van der Waals surface area contributed by atoms with Crippen LogP contribution in [-0.2, 0) is 9.84 Å². The Labute approximate surface area is 122 Å². The zero-order valence-corrected chi connectivity index (χ0v) is 13.4. The molecule has 1 rings (SSSR count). The molecule has 0 amide bonds. The molecule has 1 aromatic rings. The summed E-state index contributed by atoms with van der Waals surface area (Å²) in [7, 11) is -3.10. The normalized spacial score (nSPS) is 15.8. The lowest BCUT2D eigenvalue weighted by atomic mass is 10.0. The number of aliphatic hydroxyl groups is 1. The van der Waals surface area contributed by atoms with Crippen molar-refractivity contribution >= 4 is 9.84 Å². The second-order valence-corrected chi connectivity index (χ2v) is 8.63. The fourth-order valence-electron chi connectivity index (χ4n) is 1.78. The lowest BCUT2D eigenvalue weighted by Crippen LogP contribution is -2.44. The van der Waals surface area contributed by atoms with E-state index in [2.05, 4.69) is 5.32 Å². The first kappa shape index (κ1) is 17.1. The molecule has 0 fully saturated rings. The summed E-state index contributed by atoms with van der Waals surface area (Å²) >= 11 is 0. The van der Waals surface area contributed by atoms with Gasteiger partial charge in [0.15, 0.2) is 9.84 Å². The van der Waals surface area contributed by atoms with Gasteiger partial charge in [0.2, 0.25) is 0 Å². The summed E-state index contributed by atoms with van der Waals surface area (Å²) in [6, 6.07) is 9.50. The molecule has 2 N–H and O–H groups in total. The molecule has 0 aliphatic rings. The Morgan fingerprint density at radius 3 is 2.30 bits per heavy atom. The Hall–Kier alpha value is -0.910. The molecule has 0 aliphatic carbocycles. The molecule has 2 atom stereocenters. The van der Waals surface area contributed by atoms with Gasteiger partial charge in [-0.05, 0) is 32.8 Å². The predicted octanol–water partition coefficient (Wildman–Crippen LogP) is 1.91. The van der Waals surface area contributed by atoms with Gasteiger partial charge in [0, 0.05) is 18.8 Å². The number of sulfone groups is 1. The molecular weight excluding hydrogens is 274 g/mol. The molecule has 20 heavy (non-hydrogen) atoms. The largest absolute Gasteiger partial charge is 0.388 e. The summed E-state index contributed by atoms with van der Waals surface area (Å²) in [4.78, 5) is 0. The van der Waals surface area contributed by atoms with E-state index in [-0.39, 0.29) is 6.04 Å². The van der Waals surface area contributed by atoms with Gasteiger partial charge in [0.25, 0.3) is 0 Å². The fraction of sp³-hybridized carbons (Fsp3) is 0.600. The maximum atomic E-state index is 11.6. The highest BCUT2D eigenvalue weighted by molar-refractivity contribution is 7.92. The molecule has 4 nitrogen and oxygen atoms in total. The minimum atomic E-state index is -3.10. The Bertz CT molecular complexity index is 511. The topological polar surface area (TPSA) is 66.4 Å². The summed E-state index contributed by atoms with van der Waals surface area (Å²) < 4.78 is 22.4. The number of hydrogen-bond acceptors (Lipinski definition) is 4. The number of rotatable bonds is 7. The Kier molecular flexibility index (Phi) is 5.74. The van der Waals surface area contributed by atoms with Gasteiger partial charge >= 0.3 is 0 Å². The van der Waals surface area contributed by atoms with Gasteiger partial charge in [0.1, 0.15) is 0 Å². The maximum Gasteiger partial charge on any atom is 0.153 e. The van der Waals surface area contributed by atoms with E-state index in [1.165, 1.54) is 6.26 Å². The number of benzene rings is 1. The third kappa shape index (κ3) is 4.89. The van der Waals surface area contributed by atoms with Crippen LogP contribution in [0, 0.1) is 0 Å². The Balaban J connectivity index is 2.51. The summed E-state index contributed by atoms with van der Waals surface area (Å²) in [6.45, 7) is 5.73. The van der Waals surface area contributed by atoms with Gasteiger partial charge in [0.05, 0.1) is 10.9 Å². The van der Waals surface area contributed by atoms with E-state index >= 15 is 0 Å². The first-order valence-corrected chi connectivity index (χ1v) is 8.68. The van der Waals surface area contributed by atoms with Crippen LogP contribution in [0.15, 0.2) is 30.3 Å².